The van der Waals surface area contributed by atoms with Gasteiger partial charge in [0.05, 0.1) is 10.2 Å². The van der Waals surface area contributed by atoms with Gasteiger partial charge in [-0.2, -0.15) is 0 Å². The van der Waals surface area contributed by atoms with Crippen molar-refractivity contribution in [2.45, 2.75) is 46.1 Å². The highest BCUT2D eigenvalue weighted by atomic mass is 79.9. The Labute approximate surface area is 116 Å². The summed E-state index contributed by atoms with van der Waals surface area (Å²) >= 11 is 2.97. The van der Waals surface area contributed by atoms with Crippen LogP contribution < -0.4 is 5.32 Å². The molecule has 102 valence electrons. The van der Waals surface area contributed by atoms with Crippen molar-refractivity contribution in [2.24, 2.45) is 5.92 Å². The SMILES string of the molecule is CCC(C)CC(CC)Nc1cc(F)c(Br)cc1F. The Hall–Kier alpha value is -0.640. The Morgan fingerprint density at radius 1 is 1.17 bits per heavy atom. The van der Waals surface area contributed by atoms with Gasteiger partial charge < -0.3 is 5.32 Å². The summed E-state index contributed by atoms with van der Waals surface area (Å²) in [5.74, 6) is -0.297. The van der Waals surface area contributed by atoms with Gasteiger partial charge in [-0.15, -0.1) is 0 Å². The van der Waals surface area contributed by atoms with E-state index in [1.165, 1.54) is 6.07 Å². The summed E-state index contributed by atoms with van der Waals surface area (Å²) in [7, 11) is 0. The molecule has 1 rings (SSSR count). The molecule has 0 fully saturated rings. The molecule has 1 aromatic rings. The standard InChI is InChI=1S/C14H20BrF2N/c1-4-9(3)6-10(5-2)18-14-8-12(16)11(15)7-13(14)17/h7-10,18H,4-6H2,1-3H3. The van der Waals surface area contributed by atoms with Gasteiger partial charge in [-0.25, -0.2) is 8.78 Å². The Morgan fingerprint density at radius 3 is 2.39 bits per heavy atom. The van der Waals surface area contributed by atoms with Crippen molar-refractivity contribution >= 4 is 21.6 Å². The van der Waals surface area contributed by atoms with E-state index in [0.29, 0.717) is 5.92 Å². The van der Waals surface area contributed by atoms with Gasteiger partial charge in [-0.1, -0.05) is 27.2 Å². The zero-order valence-corrected chi connectivity index (χ0v) is 12.7. The van der Waals surface area contributed by atoms with E-state index in [1.807, 2.05) is 6.92 Å². The van der Waals surface area contributed by atoms with Crippen molar-refractivity contribution in [3.8, 4) is 0 Å². The third-order valence-corrected chi connectivity index (χ3v) is 3.85. The first-order valence-electron chi connectivity index (χ1n) is 6.38. The molecule has 1 N–H and O–H groups in total. The summed E-state index contributed by atoms with van der Waals surface area (Å²) in [6.07, 6.45) is 2.95. The molecule has 18 heavy (non-hydrogen) atoms. The van der Waals surface area contributed by atoms with Crippen LogP contribution in [-0.2, 0) is 0 Å². The molecule has 0 saturated carbocycles. The summed E-state index contributed by atoms with van der Waals surface area (Å²) in [5.41, 5.74) is 0.242. The second-order valence-electron chi connectivity index (χ2n) is 4.74. The molecule has 0 radical (unpaired) electrons. The fourth-order valence-electron chi connectivity index (χ4n) is 1.83. The molecule has 0 saturated heterocycles. The van der Waals surface area contributed by atoms with Crippen LogP contribution in [0.25, 0.3) is 0 Å². The van der Waals surface area contributed by atoms with Gasteiger partial charge in [-0.3, -0.25) is 0 Å². The van der Waals surface area contributed by atoms with Crippen LogP contribution in [0, 0.1) is 17.6 Å². The van der Waals surface area contributed by atoms with Crippen LogP contribution in [0.2, 0.25) is 0 Å². The normalized spacial score (nSPS) is 14.3. The fraction of sp³-hybridized carbons (Fsp3) is 0.571. The molecule has 4 heteroatoms. The summed E-state index contributed by atoms with van der Waals surface area (Å²) < 4.78 is 27.2. The van der Waals surface area contributed by atoms with Crippen LogP contribution >= 0.6 is 15.9 Å². The molecule has 0 amide bonds. The molecular formula is C14H20BrF2N. The molecule has 1 aromatic carbocycles. The van der Waals surface area contributed by atoms with E-state index in [1.54, 1.807) is 0 Å². The van der Waals surface area contributed by atoms with E-state index < -0.39 is 11.6 Å². The minimum Gasteiger partial charge on any atom is -0.380 e. The number of anilines is 1. The minimum absolute atomic E-state index is 0.153. The van der Waals surface area contributed by atoms with E-state index in [0.717, 1.165) is 25.3 Å². The monoisotopic (exact) mass is 319 g/mol. The van der Waals surface area contributed by atoms with E-state index in [9.17, 15) is 8.78 Å². The molecule has 0 spiro atoms. The van der Waals surface area contributed by atoms with E-state index >= 15 is 0 Å². The van der Waals surface area contributed by atoms with E-state index in [-0.39, 0.29) is 16.2 Å². The number of nitrogens with one attached hydrogen (secondary N) is 1. The van der Waals surface area contributed by atoms with Crippen LogP contribution in [0.3, 0.4) is 0 Å². The Bertz CT molecular complexity index is 396. The lowest BCUT2D eigenvalue weighted by molar-refractivity contribution is 0.460. The average molecular weight is 320 g/mol. The molecular weight excluding hydrogens is 300 g/mol. The van der Waals surface area contributed by atoms with Crippen LogP contribution in [0.15, 0.2) is 16.6 Å². The van der Waals surface area contributed by atoms with Crippen LogP contribution in [0.5, 0.6) is 0 Å². The predicted octanol–water partition coefficient (Wildman–Crippen LogP) is 5.35. The van der Waals surface area contributed by atoms with Gasteiger partial charge in [0.15, 0.2) is 0 Å². The van der Waals surface area contributed by atoms with Crippen molar-refractivity contribution in [3.05, 3.63) is 28.2 Å². The molecule has 0 aliphatic rings. The quantitative estimate of drug-likeness (QED) is 0.696. The Morgan fingerprint density at radius 2 is 1.83 bits per heavy atom. The highest BCUT2D eigenvalue weighted by Crippen LogP contribution is 2.25. The van der Waals surface area contributed by atoms with E-state index in [2.05, 4.69) is 35.1 Å². The second-order valence-corrected chi connectivity index (χ2v) is 5.60. The zero-order valence-electron chi connectivity index (χ0n) is 11.1. The summed E-state index contributed by atoms with van der Waals surface area (Å²) in [5, 5.41) is 3.09. The van der Waals surface area contributed by atoms with Gasteiger partial charge in [0.1, 0.15) is 11.6 Å². The maximum Gasteiger partial charge on any atom is 0.147 e. The highest BCUT2D eigenvalue weighted by Gasteiger charge is 2.14. The first-order valence-corrected chi connectivity index (χ1v) is 7.18. The van der Waals surface area contributed by atoms with E-state index in [4.69, 9.17) is 0 Å². The Kier molecular flexibility index (Phi) is 6.06. The average Bonchev–Trinajstić information content (AvgIpc) is 2.34. The smallest absolute Gasteiger partial charge is 0.147 e. The number of benzene rings is 1. The van der Waals surface area contributed by atoms with Crippen molar-refractivity contribution < 1.29 is 8.78 Å². The first kappa shape index (κ1) is 15.4. The number of hydrogen-bond donors (Lipinski definition) is 1. The molecule has 1 nitrogen and oxygen atoms in total. The number of halogens is 3. The topological polar surface area (TPSA) is 12.0 Å². The van der Waals surface area contributed by atoms with Gasteiger partial charge in [0.25, 0.3) is 0 Å². The molecule has 0 heterocycles. The molecule has 0 aliphatic carbocycles. The van der Waals surface area contributed by atoms with Crippen LogP contribution in [0.4, 0.5) is 14.5 Å². The predicted molar refractivity (Wildman–Crippen MR) is 75.8 cm³/mol. The highest BCUT2D eigenvalue weighted by molar-refractivity contribution is 9.10. The molecule has 0 bridgehead atoms. The lowest BCUT2D eigenvalue weighted by atomic mass is 9.97. The van der Waals surface area contributed by atoms with Gasteiger partial charge in [-0.05, 0) is 40.8 Å². The van der Waals surface area contributed by atoms with Crippen molar-refractivity contribution in [3.63, 3.8) is 0 Å². The largest absolute Gasteiger partial charge is 0.380 e. The van der Waals surface area contributed by atoms with Crippen LogP contribution in [-0.4, -0.2) is 6.04 Å². The first-order chi connectivity index (χ1) is 8.47. The molecule has 2 unspecified atom stereocenters. The maximum atomic E-state index is 13.7. The van der Waals surface area contributed by atoms with Crippen LogP contribution in [0.1, 0.15) is 40.0 Å². The second kappa shape index (κ2) is 7.07. The van der Waals surface area contributed by atoms with Crippen molar-refractivity contribution in [1.82, 2.24) is 0 Å². The Balaban J connectivity index is 2.78. The molecule has 0 aromatic heterocycles. The third kappa shape index (κ3) is 4.23. The fourth-order valence-corrected chi connectivity index (χ4v) is 2.15. The number of hydrogen-bond acceptors (Lipinski definition) is 1. The van der Waals surface area contributed by atoms with Crippen molar-refractivity contribution in [2.75, 3.05) is 5.32 Å². The molecule has 0 aliphatic heterocycles. The third-order valence-electron chi connectivity index (χ3n) is 3.25. The van der Waals surface area contributed by atoms with Gasteiger partial charge in [0, 0.05) is 12.1 Å². The summed E-state index contributed by atoms with van der Waals surface area (Å²) in [6.45, 7) is 6.35. The van der Waals surface area contributed by atoms with Crippen molar-refractivity contribution in [1.29, 1.82) is 0 Å². The number of rotatable bonds is 6. The lowest BCUT2D eigenvalue weighted by Crippen LogP contribution is -2.22. The lowest BCUT2D eigenvalue weighted by Gasteiger charge is -2.22. The van der Waals surface area contributed by atoms with Gasteiger partial charge >= 0.3 is 0 Å². The summed E-state index contributed by atoms with van der Waals surface area (Å²) in [6, 6.07) is 2.54. The van der Waals surface area contributed by atoms with Gasteiger partial charge in [0.2, 0.25) is 0 Å². The maximum absolute atomic E-state index is 13.7. The molecule has 2 atom stereocenters. The minimum atomic E-state index is -0.447. The summed E-state index contributed by atoms with van der Waals surface area (Å²) in [4.78, 5) is 0. The zero-order chi connectivity index (χ0) is 13.7.